The van der Waals surface area contributed by atoms with E-state index in [1.807, 2.05) is 6.07 Å². The van der Waals surface area contributed by atoms with Crippen molar-refractivity contribution < 1.29 is 23.5 Å². The number of methoxy groups -OCH3 is 2. The summed E-state index contributed by atoms with van der Waals surface area (Å²) in [5.74, 6) is -1.32. The molecule has 7 heteroatoms. The molecule has 1 aromatic carbocycles. The van der Waals surface area contributed by atoms with Gasteiger partial charge in [0.1, 0.15) is 11.7 Å². The molecule has 1 rings (SSSR count). The molecular formula is C19H29BrO5Si. The van der Waals surface area contributed by atoms with Gasteiger partial charge in [0.2, 0.25) is 8.32 Å². The van der Waals surface area contributed by atoms with Gasteiger partial charge in [-0.1, -0.05) is 36.7 Å². The Morgan fingerprint density at radius 3 is 2.31 bits per heavy atom. The number of ether oxygens (including phenoxy) is 2. The molecule has 0 bridgehead atoms. The van der Waals surface area contributed by atoms with Gasteiger partial charge < -0.3 is 13.9 Å². The minimum Gasteiger partial charge on any atom is -0.543 e. The van der Waals surface area contributed by atoms with Crippen LogP contribution in [0.5, 0.6) is 5.75 Å². The maximum atomic E-state index is 12.7. The Balaban J connectivity index is 3.40. The average molecular weight is 445 g/mol. The van der Waals surface area contributed by atoms with Gasteiger partial charge in [0, 0.05) is 23.6 Å². The summed E-state index contributed by atoms with van der Waals surface area (Å²) in [5.41, 5.74) is 0.525. The van der Waals surface area contributed by atoms with Crippen molar-refractivity contribution >= 4 is 36.0 Å². The molecule has 5 nitrogen and oxygen atoms in total. The van der Waals surface area contributed by atoms with E-state index in [-0.39, 0.29) is 23.8 Å². The summed E-state index contributed by atoms with van der Waals surface area (Å²) in [7, 11) is 0.654. The van der Waals surface area contributed by atoms with Gasteiger partial charge in [-0.25, -0.2) is 0 Å². The fraction of sp³-hybridized carbons (Fsp3) is 0.579. The Kier molecular flexibility index (Phi) is 8.04. The van der Waals surface area contributed by atoms with E-state index in [1.165, 1.54) is 14.2 Å². The Morgan fingerprint density at radius 2 is 1.81 bits per heavy atom. The highest BCUT2D eigenvalue weighted by Gasteiger charge is 2.40. The molecule has 0 aliphatic carbocycles. The van der Waals surface area contributed by atoms with Gasteiger partial charge in [0.15, 0.2) is 5.78 Å². The first-order valence-corrected chi connectivity index (χ1v) is 12.2. The summed E-state index contributed by atoms with van der Waals surface area (Å²) in [5, 5.41) is -0.0157. The average Bonchev–Trinajstić information content (AvgIpc) is 2.54. The zero-order valence-electron chi connectivity index (χ0n) is 16.6. The maximum Gasteiger partial charge on any atom is 0.320 e. The Morgan fingerprint density at radius 1 is 1.19 bits per heavy atom. The van der Waals surface area contributed by atoms with Crippen molar-refractivity contribution in [2.75, 3.05) is 20.8 Å². The van der Waals surface area contributed by atoms with Gasteiger partial charge in [0.25, 0.3) is 0 Å². The lowest BCUT2D eigenvalue weighted by molar-refractivity contribution is -0.145. The van der Waals surface area contributed by atoms with Gasteiger partial charge in [0.05, 0.1) is 13.7 Å². The highest BCUT2D eigenvalue weighted by atomic mass is 79.9. The Hall–Kier alpha value is -1.18. The van der Waals surface area contributed by atoms with Gasteiger partial charge in [-0.3, -0.25) is 9.59 Å². The molecule has 0 spiro atoms. The molecule has 0 aromatic heterocycles. The number of esters is 1. The van der Waals surface area contributed by atoms with Gasteiger partial charge >= 0.3 is 5.97 Å². The van der Waals surface area contributed by atoms with Crippen molar-refractivity contribution in [3.8, 4) is 5.75 Å². The van der Waals surface area contributed by atoms with E-state index in [4.69, 9.17) is 13.9 Å². The summed E-state index contributed by atoms with van der Waals surface area (Å²) >= 11 is 3.42. The molecule has 0 aliphatic rings. The van der Waals surface area contributed by atoms with Crippen molar-refractivity contribution in [1.29, 1.82) is 0 Å². The zero-order chi connectivity index (χ0) is 20.1. The van der Waals surface area contributed by atoms with Crippen LogP contribution >= 0.6 is 15.9 Å². The number of Topliss-reactive ketones (excluding diaryl/α,β-unsaturated/α-hetero) is 1. The lowest BCUT2D eigenvalue weighted by atomic mass is 9.92. The van der Waals surface area contributed by atoms with E-state index < -0.39 is 20.2 Å². The first kappa shape index (κ1) is 22.9. The molecule has 0 saturated carbocycles. The first-order chi connectivity index (χ1) is 11.9. The van der Waals surface area contributed by atoms with Crippen molar-refractivity contribution in [2.45, 2.75) is 51.2 Å². The van der Waals surface area contributed by atoms with Crippen molar-refractivity contribution in [2.24, 2.45) is 0 Å². The highest BCUT2D eigenvalue weighted by molar-refractivity contribution is 9.10. The molecule has 0 radical (unpaired) electrons. The molecule has 0 heterocycles. The van der Waals surface area contributed by atoms with Crippen LogP contribution in [-0.2, 0) is 19.1 Å². The molecular weight excluding hydrogens is 416 g/mol. The smallest absolute Gasteiger partial charge is 0.320 e. The molecule has 1 unspecified atom stereocenters. The Labute approximate surface area is 165 Å². The number of rotatable bonds is 8. The topological polar surface area (TPSA) is 61.8 Å². The predicted molar refractivity (Wildman–Crippen MR) is 108 cm³/mol. The summed E-state index contributed by atoms with van der Waals surface area (Å²) in [6.45, 7) is 10.9. The largest absolute Gasteiger partial charge is 0.543 e. The van der Waals surface area contributed by atoms with E-state index in [2.05, 4.69) is 49.8 Å². The first-order valence-electron chi connectivity index (χ1n) is 8.52. The molecule has 0 N–H and O–H groups in total. The molecule has 0 amide bonds. The van der Waals surface area contributed by atoms with Gasteiger partial charge in [-0.15, -0.1) is 0 Å². The number of hydrogen-bond acceptors (Lipinski definition) is 5. The molecule has 1 atom stereocenters. The second-order valence-corrected chi connectivity index (χ2v) is 13.4. The van der Waals surface area contributed by atoms with Gasteiger partial charge in [-0.2, -0.15) is 0 Å². The van der Waals surface area contributed by atoms with Crippen molar-refractivity contribution in [3.05, 3.63) is 28.2 Å². The second-order valence-electron chi connectivity index (χ2n) is 7.71. The number of benzene rings is 1. The lowest BCUT2D eigenvalue weighted by Crippen LogP contribution is -2.44. The van der Waals surface area contributed by atoms with E-state index in [0.717, 1.165) is 4.47 Å². The van der Waals surface area contributed by atoms with Crippen LogP contribution in [0.4, 0.5) is 0 Å². The monoisotopic (exact) mass is 444 g/mol. The van der Waals surface area contributed by atoms with Crippen LogP contribution in [0.1, 0.15) is 38.7 Å². The standard InChI is InChI=1S/C19H29BrO5Si/c1-19(2,3)26(6,7)25-16-9-8-13(20)12-14(16)17(18(22)24-5)15(21)10-11-23-4/h8-9,12,17H,10-11H2,1-7H3. The number of carbonyl (C=O) groups is 2. The van der Waals surface area contributed by atoms with Crippen molar-refractivity contribution in [3.63, 3.8) is 0 Å². The SMILES string of the molecule is COCCC(=O)C(C(=O)OC)c1cc(Br)ccc1O[Si](C)(C)C(C)(C)C. The third kappa shape index (κ3) is 5.66. The van der Waals surface area contributed by atoms with E-state index in [1.54, 1.807) is 12.1 Å². The van der Waals surface area contributed by atoms with Crippen molar-refractivity contribution in [1.82, 2.24) is 0 Å². The summed E-state index contributed by atoms with van der Waals surface area (Å²) in [6.07, 6.45) is 0.127. The second kappa shape index (κ2) is 9.15. The molecule has 0 fully saturated rings. The van der Waals surface area contributed by atoms with Crippen LogP contribution in [-0.4, -0.2) is 40.9 Å². The minimum absolute atomic E-state index is 0.0157. The summed E-state index contributed by atoms with van der Waals surface area (Å²) in [6, 6.07) is 5.41. The Bertz CT molecular complexity index is 652. The van der Waals surface area contributed by atoms with E-state index >= 15 is 0 Å². The summed E-state index contributed by atoms with van der Waals surface area (Å²) < 4.78 is 17.1. The van der Waals surface area contributed by atoms with Crippen LogP contribution < -0.4 is 4.43 Å². The predicted octanol–water partition coefficient (Wildman–Crippen LogP) is 4.70. The number of ketones is 1. The van der Waals surface area contributed by atoms with Crippen LogP contribution in [0.25, 0.3) is 0 Å². The molecule has 0 saturated heterocycles. The lowest BCUT2D eigenvalue weighted by Gasteiger charge is -2.37. The van der Waals surface area contributed by atoms with E-state index in [9.17, 15) is 9.59 Å². The number of hydrogen-bond donors (Lipinski definition) is 0. The van der Waals surface area contributed by atoms with E-state index in [0.29, 0.717) is 11.3 Å². The van der Waals surface area contributed by atoms with Crippen LogP contribution in [0.15, 0.2) is 22.7 Å². The van der Waals surface area contributed by atoms with Gasteiger partial charge in [-0.05, 0) is 36.3 Å². The zero-order valence-corrected chi connectivity index (χ0v) is 19.2. The molecule has 26 heavy (non-hydrogen) atoms. The molecule has 1 aromatic rings. The van der Waals surface area contributed by atoms with Crippen LogP contribution in [0, 0.1) is 0 Å². The normalized spacial score (nSPS) is 13.2. The number of halogens is 1. The maximum absolute atomic E-state index is 12.7. The molecule has 0 aliphatic heterocycles. The third-order valence-corrected chi connectivity index (χ3v) is 9.60. The van der Waals surface area contributed by atoms with Crippen LogP contribution in [0.3, 0.4) is 0 Å². The van der Waals surface area contributed by atoms with Crippen LogP contribution in [0.2, 0.25) is 18.1 Å². The fourth-order valence-electron chi connectivity index (χ4n) is 2.16. The fourth-order valence-corrected chi connectivity index (χ4v) is 3.58. The minimum atomic E-state index is -2.15. The number of carbonyl (C=O) groups excluding carboxylic acids is 2. The summed E-state index contributed by atoms with van der Waals surface area (Å²) in [4.78, 5) is 25.1. The third-order valence-electron chi connectivity index (χ3n) is 4.77. The highest BCUT2D eigenvalue weighted by Crippen LogP contribution is 2.40. The molecule has 146 valence electrons. The quantitative estimate of drug-likeness (QED) is 0.330.